The third-order valence-corrected chi connectivity index (χ3v) is 7.05. The molecule has 21 heavy (non-hydrogen) atoms. The molecule has 2 rings (SSSR count). The Balaban J connectivity index is 2.20. The average molecular weight is 311 g/mol. The first kappa shape index (κ1) is 16.7. The zero-order chi connectivity index (χ0) is 15.5. The molecule has 0 aromatic heterocycles. The van der Waals surface area contributed by atoms with Gasteiger partial charge in [0.15, 0.2) is 0 Å². The molecule has 1 aliphatic carbocycles. The van der Waals surface area contributed by atoms with E-state index >= 15 is 0 Å². The number of hydrogen-bond acceptors (Lipinski definition) is 4. The van der Waals surface area contributed by atoms with Crippen LogP contribution in [-0.4, -0.2) is 18.5 Å². The predicted molar refractivity (Wildman–Crippen MR) is 85.4 cm³/mol. The van der Waals surface area contributed by atoms with Crippen LogP contribution in [0.15, 0.2) is 30.3 Å². The van der Waals surface area contributed by atoms with Crippen LogP contribution in [0.1, 0.15) is 45.7 Å². The molecule has 0 heterocycles. The maximum atomic E-state index is 13.2. The molecule has 1 fully saturated rings. The van der Waals surface area contributed by atoms with Crippen LogP contribution in [0.5, 0.6) is 0 Å². The van der Waals surface area contributed by atoms with E-state index in [1.807, 2.05) is 32.0 Å². The standard InChI is InChI=1S/C16H26NO3P/c1-5-19-21(18,20-6-2)16(12-13(16)3)17-14(4)15-10-8-7-9-11-15/h7-11,13-14,17H,5-6,12H2,1-4H3/t13-,14-,16+/m0/s1. The van der Waals surface area contributed by atoms with Crippen LogP contribution in [-0.2, 0) is 13.6 Å². The van der Waals surface area contributed by atoms with Gasteiger partial charge in [-0.1, -0.05) is 37.3 Å². The van der Waals surface area contributed by atoms with Crippen LogP contribution in [0.25, 0.3) is 0 Å². The summed E-state index contributed by atoms with van der Waals surface area (Å²) in [5.41, 5.74) is 1.18. The largest absolute Gasteiger partial charge is 0.350 e. The van der Waals surface area contributed by atoms with Gasteiger partial charge < -0.3 is 9.05 Å². The third kappa shape index (κ3) is 3.24. The molecule has 1 saturated carbocycles. The Morgan fingerprint density at radius 2 is 1.81 bits per heavy atom. The van der Waals surface area contributed by atoms with E-state index in [-0.39, 0.29) is 12.0 Å². The maximum absolute atomic E-state index is 13.2. The molecule has 0 aliphatic heterocycles. The van der Waals surface area contributed by atoms with Crippen molar-refractivity contribution in [1.29, 1.82) is 0 Å². The van der Waals surface area contributed by atoms with E-state index in [1.54, 1.807) is 0 Å². The summed E-state index contributed by atoms with van der Waals surface area (Å²) in [4.78, 5) is 0. The van der Waals surface area contributed by atoms with E-state index in [2.05, 4.69) is 31.3 Å². The highest BCUT2D eigenvalue weighted by Gasteiger charge is 2.66. The number of rotatable bonds is 8. The Hall–Kier alpha value is -0.670. The van der Waals surface area contributed by atoms with Gasteiger partial charge in [-0.3, -0.25) is 9.88 Å². The first-order chi connectivity index (χ1) is 9.99. The molecule has 0 unspecified atom stereocenters. The van der Waals surface area contributed by atoms with Crippen LogP contribution >= 0.6 is 7.60 Å². The Kier molecular flexibility index (Phi) is 5.26. The Bertz CT molecular complexity index is 498. The van der Waals surface area contributed by atoms with E-state index in [1.165, 1.54) is 5.56 Å². The molecule has 0 spiro atoms. The van der Waals surface area contributed by atoms with Crippen molar-refractivity contribution in [3.8, 4) is 0 Å². The average Bonchev–Trinajstić information content (AvgIpc) is 3.12. The number of hydrogen-bond donors (Lipinski definition) is 1. The smallest absolute Gasteiger partial charge is 0.308 e. The lowest BCUT2D eigenvalue weighted by Gasteiger charge is -2.30. The molecule has 1 N–H and O–H groups in total. The van der Waals surface area contributed by atoms with Crippen molar-refractivity contribution >= 4 is 7.60 Å². The van der Waals surface area contributed by atoms with Crippen LogP contribution in [0.2, 0.25) is 0 Å². The molecule has 4 nitrogen and oxygen atoms in total. The second-order valence-electron chi connectivity index (χ2n) is 5.64. The minimum atomic E-state index is -3.15. The fourth-order valence-electron chi connectivity index (χ4n) is 2.88. The van der Waals surface area contributed by atoms with Gasteiger partial charge in [0.25, 0.3) is 0 Å². The summed E-state index contributed by atoms with van der Waals surface area (Å²) in [5.74, 6) is 0.285. The van der Waals surface area contributed by atoms with E-state index in [9.17, 15) is 4.57 Å². The normalized spacial score (nSPS) is 26.6. The summed E-state index contributed by atoms with van der Waals surface area (Å²) in [6, 6.07) is 10.3. The quantitative estimate of drug-likeness (QED) is 0.726. The van der Waals surface area contributed by atoms with Crippen LogP contribution in [0.4, 0.5) is 0 Å². The predicted octanol–water partition coefficient (Wildman–Crippen LogP) is 4.34. The lowest BCUT2D eigenvalue weighted by molar-refractivity contribution is 0.199. The lowest BCUT2D eigenvalue weighted by Crippen LogP contribution is -2.36. The van der Waals surface area contributed by atoms with Crippen molar-refractivity contribution in [2.75, 3.05) is 13.2 Å². The van der Waals surface area contributed by atoms with E-state index in [4.69, 9.17) is 9.05 Å². The molecule has 3 atom stereocenters. The first-order valence-corrected chi connectivity index (χ1v) is 9.25. The minimum Gasteiger partial charge on any atom is -0.308 e. The summed E-state index contributed by atoms with van der Waals surface area (Å²) in [5, 5.41) is 2.98. The van der Waals surface area contributed by atoms with Crippen molar-refractivity contribution in [2.24, 2.45) is 5.92 Å². The number of nitrogens with one attached hydrogen (secondary N) is 1. The van der Waals surface area contributed by atoms with Crippen LogP contribution < -0.4 is 5.32 Å². The Morgan fingerprint density at radius 3 is 2.24 bits per heavy atom. The molecule has 0 saturated heterocycles. The summed E-state index contributed by atoms with van der Waals surface area (Å²) < 4.78 is 24.3. The molecule has 118 valence electrons. The molecule has 5 heteroatoms. The van der Waals surface area contributed by atoms with Crippen molar-refractivity contribution < 1.29 is 13.6 Å². The second kappa shape index (κ2) is 6.62. The van der Waals surface area contributed by atoms with Gasteiger partial charge >= 0.3 is 7.60 Å². The molecule has 0 radical (unpaired) electrons. The minimum absolute atomic E-state index is 0.102. The highest BCUT2D eigenvalue weighted by atomic mass is 31.2. The summed E-state index contributed by atoms with van der Waals surface area (Å²) in [6.07, 6.45) is 0.821. The SMILES string of the molecule is CCOP(=O)(OCC)[C@]1(N[C@@H](C)c2ccccc2)C[C@@H]1C. The Labute approximate surface area is 127 Å². The van der Waals surface area contributed by atoms with Gasteiger partial charge in [-0.15, -0.1) is 0 Å². The molecule has 0 bridgehead atoms. The van der Waals surface area contributed by atoms with Crippen LogP contribution in [0.3, 0.4) is 0 Å². The molecular formula is C16H26NO3P. The lowest BCUT2D eigenvalue weighted by atomic mass is 10.1. The van der Waals surface area contributed by atoms with Gasteiger partial charge in [-0.05, 0) is 38.7 Å². The van der Waals surface area contributed by atoms with Crippen molar-refractivity contribution in [2.45, 2.75) is 45.4 Å². The summed E-state index contributed by atoms with van der Waals surface area (Å²) in [7, 11) is -3.15. The van der Waals surface area contributed by atoms with E-state index < -0.39 is 12.9 Å². The van der Waals surface area contributed by atoms with Crippen molar-refractivity contribution in [3.05, 3.63) is 35.9 Å². The van der Waals surface area contributed by atoms with Gasteiger partial charge in [0.1, 0.15) is 5.28 Å². The molecule has 1 aromatic rings. The second-order valence-corrected chi connectivity index (χ2v) is 7.95. The van der Waals surface area contributed by atoms with E-state index in [0.717, 1.165) is 6.42 Å². The third-order valence-electron chi connectivity index (χ3n) is 4.13. The molecule has 0 amide bonds. The van der Waals surface area contributed by atoms with Gasteiger partial charge in [-0.25, -0.2) is 0 Å². The van der Waals surface area contributed by atoms with Gasteiger partial charge in [-0.2, -0.15) is 0 Å². The van der Waals surface area contributed by atoms with E-state index in [0.29, 0.717) is 13.2 Å². The zero-order valence-electron chi connectivity index (χ0n) is 13.3. The van der Waals surface area contributed by atoms with Crippen molar-refractivity contribution in [3.63, 3.8) is 0 Å². The fraction of sp³-hybridized carbons (Fsp3) is 0.625. The molecular weight excluding hydrogens is 285 g/mol. The summed E-state index contributed by atoms with van der Waals surface area (Å²) >= 11 is 0. The molecule has 1 aliphatic rings. The van der Waals surface area contributed by atoms with Gasteiger partial charge in [0.2, 0.25) is 0 Å². The first-order valence-electron chi connectivity index (χ1n) is 7.71. The highest BCUT2D eigenvalue weighted by molar-refractivity contribution is 7.56. The Morgan fingerprint density at radius 1 is 1.29 bits per heavy atom. The fourth-order valence-corrected chi connectivity index (χ4v) is 5.48. The number of benzene rings is 1. The molecule has 1 aromatic carbocycles. The van der Waals surface area contributed by atoms with Crippen LogP contribution in [0, 0.1) is 5.92 Å². The van der Waals surface area contributed by atoms with Crippen molar-refractivity contribution in [1.82, 2.24) is 5.32 Å². The highest BCUT2D eigenvalue weighted by Crippen LogP contribution is 2.72. The topological polar surface area (TPSA) is 47.6 Å². The van der Waals surface area contributed by atoms with Gasteiger partial charge in [0.05, 0.1) is 13.2 Å². The van der Waals surface area contributed by atoms with Gasteiger partial charge in [0, 0.05) is 6.04 Å². The summed E-state index contributed by atoms with van der Waals surface area (Å²) in [6.45, 7) is 8.68. The zero-order valence-corrected chi connectivity index (χ0v) is 14.2. The monoisotopic (exact) mass is 311 g/mol. The maximum Gasteiger partial charge on any atom is 0.350 e.